The van der Waals surface area contributed by atoms with Crippen molar-refractivity contribution < 1.29 is 14.6 Å². The highest BCUT2D eigenvalue weighted by Crippen LogP contribution is 2.30. The van der Waals surface area contributed by atoms with E-state index in [1.165, 1.54) is 19.8 Å². The average molecular weight is 291 g/mol. The number of carbonyl (C=O) groups is 1. The molecule has 2 N–H and O–H groups in total. The highest BCUT2D eigenvalue weighted by Gasteiger charge is 2.32. The largest absolute Gasteiger partial charge is 0.426 e. The molecule has 1 saturated carbocycles. The molecule has 0 bridgehead atoms. The Kier molecular flexibility index (Phi) is 5.01. The van der Waals surface area contributed by atoms with Crippen molar-refractivity contribution >= 4 is 5.97 Å². The van der Waals surface area contributed by atoms with Crippen LogP contribution in [0.25, 0.3) is 0 Å². The number of benzene rings is 1. The first-order valence-electron chi connectivity index (χ1n) is 7.60. The molecule has 0 heterocycles. The molecule has 1 aliphatic carbocycles. The zero-order valence-corrected chi connectivity index (χ0v) is 13.2. The normalized spacial score (nSPS) is 17.0. The molecule has 0 aromatic heterocycles. The van der Waals surface area contributed by atoms with Crippen LogP contribution in [0.2, 0.25) is 0 Å². The topological polar surface area (TPSA) is 58.6 Å². The Morgan fingerprint density at radius 3 is 2.33 bits per heavy atom. The summed E-state index contributed by atoms with van der Waals surface area (Å²) in [6.07, 6.45) is 4.42. The quantitative estimate of drug-likeness (QED) is 0.647. The summed E-state index contributed by atoms with van der Waals surface area (Å²) in [6.45, 7) is 6.23. The maximum absolute atomic E-state index is 11.1. The van der Waals surface area contributed by atoms with Gasteiger partial charge in [0, 0.05) is 19.0 Å². The Bertz CT molecular complexity index is 496. The van der Waals surface area contributed by atoms with E-state index >= 15 is 0 Å². The maximum Gasteiger partial charge on any atom is 0.308 e. The van der Waals surface area contributed by atoms with Crippen LogP contribution in [0, 0.1) is 13.8 Å². The minimum absolute atomic E-state index is 0.115. The van der Waals surface area contributed by atoms with Gasteiger partial charge < -0.3 is 15.2 Å². The van der Waals surface area contributed by atoms with E-state index in [-0.39, 0.29) is 18.1 Å². The molecule has 1 aliphatic rings. The standard InChI is InChI=1S/C17H25NO3/c1-12-8-15(9-13(2)16(12)21-14(3)20)10-18-17(11-19)6-4-5-7-17/h8-9,18-19H,4-7,10-11H2,1-3H3. The predicted molar refractivity (Wildman–Crippen MR) is 82.3 cm³/mol. The zero-order valence-electron chi connectivity index (χ0n) is 13.2. The number of hydrogen-bond donors (Lipinski definition) is 2. The molecule has 1 fully saturated rings. The van der Waals surface area contributed by atoms with Crippen molar-refractivity contribution in [1.29, 1.82) is 0 Å². The maximum atomic E-state index is 11.1. The van der Waals surface area contributed by atoms with Gasteiger partial charge >= 0.3 is 5.97 Å². The molecule has 0 spiro atoms. The molecule has 1 aromatic rings. The van der Waals surface area contributed by atoms with Gasteiger partial charge in [0.15, 0.2) is 0 Å². The zero-order chi connectivity index (χ0) is 15.5. The van der Waals surface area contributed by atoms with Crippen molar-refractivity contribution in [3.63, 3.8) is 0 Å². The highest BCUT2D eigenvalue weighted by molar-refractivity contribution is 5.70. The highest BCUT2D eigenvalue weighted by atomic mass is 16.5. The number of aryl methyl sites for hydroxylation is 2. The fourth-order valence-corrected chi connectivity index (χ4v) is 3.18. The van der Waals surface area contributed by atoms with E-state index in [4.69, 9.17) is 4.74 Å². The second-order valence-electron chi connectivity index (χ2n) is 6.15. The van der Waals surface area contributed by atoms with Crippen molar-refractivity contribution in [3.05, 3.63) is 28.8 Å². The fraction of sp³-hybridized carbons (Fsp3) is 0.588. The lowest BCUT2D eigenvalue weighted by molar-refractivity contribution is -0.131. The third-order valence-corrected chi connectivity index (χ3v) is 4.30. The molecule has 4 nitrogen and oxygen atoms in total. The number of hydrogen-bond acceptors (Lipinski definition) is 4. The second-order valence-corrected chi connectivity index (χ2v) is 6.15. The molecule has 0 unspecified atom stereocenters. The summed E-state index contributed by atoms with van der Waals surface area (Å²) in [7, 11) is 0. The summed E-state index contributed by atoms with van der Waals surface area (Å²) in [4.78, 5) is 11.1. The molecule has 1 aromatic carbocycles. The molecule has 0 saturated heterocycles. The van der Waals surface area contributed by atoms with Gasteiger partial charge in [-0.25, -0.2) is 0 Å². The van der Waals surface area contributed by atoms with E-state index in [0.29, 0.717) is 5.75 Å². The lowest BCUT2D eigenvalue weighted by Crippen LogP contribution is -2.45. The van der Waals surface area contributed by atoms with Gasteiger partial charge in [-0.05, 0) is 43.4 Å². The Morgan fingerprint density at radius 2 is 1.86 bits per heavy atom. The second kappa shape index (κ2) is 6.58. The van der Waals surface area contributed by atoms with Crippen molar-refractivity contribution in [3.8, 4) is 5.75 Å². The van der Waals surface area contributed by atoms with E-state index in [1.807, 2.05) is 26.0 Å². The first-order valence-corrected chi connectivity index (χ1v) is 7.60. The SMILES string of the molecule is CC(=O)Oc1c(C)cc(CNC2(CO)CCCC2)cc1C. The summed E-state index contributed by atoms with van der Waals surface area (Å²) in [5.74, 6) is 0.362. The van der Waals surface area contributed by atoms with Crippen molar-refractivity contribution in [1.82, 2.24) is 5.32 Å². The van der Waals surface area contributed by atoms with Gasteiger partial charge in [-0.2, -0.15) is 0 Å². The van der Waals surface area contributed by atoms with Crippen molar-refractivity contribution in [2.45, 2.75) is 58.5 Å². The smallest absolute Gasteiger partial charge is 0.308 e. The van der Waals surface area contributed by atoms with Gasteiger partial charge in [0.1, 0.15) is 5.75 Å². The molecular formula is C17H25NO3. The van der Waals surface area contributed by atoms with Gasteiger partial charge in [-0.15, -0.1) is 0 Å². The summed E-state index contributed by atoms with van der Waals surface area (Å²) >= 11 is 0. The summed E-state index contributed by atoms with van der Waals surface area (Å²) in [6, 6.07) is 4.08. The molecule has 0 aliphatic heterocycles. The van der Waals surface area contributed by atoms with E-state index in [2.05, 4.69) is 5.32 Å². The lowest BCUT2D eigenvalue weighted by Gasteiger charge is -2.28. The van der Waals surface area contributed by atoms with Crippen LogP contribution >= 0.6 is 0 Å². The first-order chi connectivity index (χ1) is 9.96. The molecule has 21 heavy (non-hydrogen) atoms. The van der Waals surface area contributed by atoms with Crippen molar-refractivity contribution in [2.75, 3.05) is 6.61 Å². The number of aliphatic hydroxyl groups is 1. The Morgan fingerprint density at radius 1 is 1.29 bits per heavy atom. The van der Waals surface area contributed by atoms with E-state index in [0.717, 1.165) is 36.1 Å². The van der Waals surface area contributed by atoms with Crippen LogP contribution in [0.4, 0.5) is 0 Å². The molecule has 4 heteroatoms. The summed E-state index contributed by atoms with van der Waals surface area (Å²) in [5, 5.41) is 13.1. The fourth-order valence-electron chi connectivity index (χ4n) is 3.18. The number of ether oxygens (including phenoxy) is 1. The summed E-state index contributed by atoms with van der Waals surface area (Å²) in [5.41, 5.74) is 2.97. The summed E-state index contributed by atoms with van der Waals surface area (Å²) < 4.78 is 5.25. The minimum atomic E-state index is -0.294. The third kappa shape index (κ3) is 3.83. The molecule has 0 amide bonds. The molecule has 116 valence electrons. The number of aliphatic hydroxyl groups excluding tert-OH is 1. The van der Waals surface area contributed by atoms with Gasteiger partial charge in [0.2, 0.25) is 0 Å². The van der Waals surface area contributed by atoms with Gasteiger partial charge in [-0.1, -0.05) is 25.0 Å². The van der Waals surface area contributed by atoms with Gasteiger partial charge in [0.25, 0.3) is 0 Å². The third-order valence-electron chi connectivity index (χ3n) is 4.30. The van der Waals surface area contributed by atoms with Crippen LogP contribution in [0.3, 0.4) is 0 Å². The van der Waals surface area contributed by atoms with Crippen molar-refractivity contribution in [2.24, 2.45) is 0 Å². The van der Waals surface area contributed by atoms with Crippen LogP contribution in [0.15, 0.2) is 12.1 Å². The number of carbonyl (C=O) groups excluding carboxylic acids is 1. The Balaban J connectivity index is 2.09. The van der Waals surface area contributed by atoms with Crippen LogP contribution in [0.1, 0.15) is 49.3 Å². The van der Waals surface area contributed by atoms with E-state index in [1.54, 1.807) is 0 Å². The molecule has 0 atom stereocenters. The Hall–Kier alpha value is -1.39. The molecular weight excluding hydrogens is 266 g/mol. The molecule has 0 radical (unpaired) electrons. The van der Waals surface area contributed by atoms with Crippen LogP contribution in [-0.4, -0.2) is 23.2 Å². The van der Waals surface area contributed by atoms with Gasteiger partial charge in [0.05, 0.1) is 6.61 Å². The number of nitrogens with one attached hydrogen (secondary N) is 1. The average Bonchev–Trinajstić information content (AvgIpc) is 2.90. The number of esters is 1. The number of rotatable bonds is 5. The lowest BCUT2D eigenvalue weighted by atomic mass is 9.98. The van der Waals surface area contributed by atoms with E-state index in [9.17, 15) is 9.90 Å². The van der Waals surface area contributed by atoms with Gasteiger partial charge in [-0.3, -0.25) is 4.79 Å². The first kappa shape index (κ1) is 16.0. The molecule has 2 rings (SSSR count). The van der Waals surface area contributed by atoms with Crippen LogP contribution < -0.4 is 10.1 Å². The Labute approximate surface area is 126 Å². The van der Waals surface area contributed by atoms with Crippen LogP contribution in [-0.2, 0) is 11.3 Å². The monoisotopic (exact) mass is 291 g/mol. The minimum Gasteiger partial charge on any atom is -0.426 e. The van der Waals surface area contributed by atoms with E-state index < -0.39 is 0 Å². The van der Waals surface area contributed by atoms with Crippen LogP contribution in [0.5, 0.6) is 5.75 Å². The predicted octanol–water partition coefficient (Wildman–Crippen LogP) is 2.62.